The van der Waals surface area contributed by atoms with Crippen LogP contribution in [0.1, 0.15) is 25.3 Å². The van der Waals surface area contributed by atoms with E-state index < -0.39 is 6.10 Å². The third-order valence-electron chi connectivity index (χ3n) is 4.82. The number of likely N-dealkylation sites (tertiary alicyclic amines) is 1. The van der Waals surface area contributed by atoms with Gasteiger partial charge in [0.25, 0.3) is 5.91 Å². The number of aliphatic hydroxyl groups is 1. The van der Waals surface area contributed by atoms with Crippen molar-refractivity contribution in [2.45, 2.75) is 25.9 Å². The molecule has 3 rings (SSSR count). The van der Waals surface area contributed by atoms with Gasteiger partial charge in [-0.3, -0.25) is 4.79 Å². The smallest absolute Gasteiger partial charge is 0.250 e. The highest BCUT2D eigenvalue weighted by Gasteiger charge is 2.21. The van der Waals surface area contributed by atoms with Crippen LogP contribution in [0, 0.1) is 11.7 Å². The van der Waals surface area contributed by atoms with Crippen molar-refractivity contribution in [3.8, 4) is 5.75 Å². The Labute approximate surface area is 147 Å². The highest BCUT2D eigenvalue weighted by Crippen LogP contribution is 2.26. The van der Waals surface area contributed by atoms with Gasteiger partial charge in [0.05, 0.1) is 11.7 Å². The summed E-state index contributed by atoms with van der Waals surface area (Å²) in [4.78, 5) is 14.5. The zero-order valence-corrected chi connectivity index (χ0v) is 14.5. The van der Waals surface area contributed by atoms with Crippen molar-refractivity contribution in [1.82, 2.24) is 10.2 Å². The van der Waals surface area contributed by atoms with Crippen LogP contribution in [0.2, 0.25) is 0 Å². The molecule has 1 aromatic carbocycles. The van der Waals surface area contributed by atoms with Crippen LogP contribution in [0.4, 0.5) is 4.39 Å². The van der Waals surface area contributed by atoms with Gasteiger partial charge >= 0.3 is 0 Å². The molecule has 6 heteroatoms. The first kappa shape index (κ1) is 17.9. The zero-order valence-electron chi connectivity index (χ0n) is 14.5. The average Bonchev–Trinajstić information content (AvgIpc) is 2.61. The van der Waals surface area contributed by atoms with Gasteiger partial charge < -0.3 is 20.1 Å². The number of fused-ring (bicyclic) bond motifs is 1. The maximum absolute atomic E-state index is 13.3. The molecule has 1 saturated heterocycles. The molecule has 0 aromatic heterocycles. The van der Waals surface area contributed by atoms with Crippen molar-refractivity contribution in [3.05, 3.63) is 35.2 Å². The van der Waals surface area contributed by atoms with E-state index >= 15 is 0 Å². The number of rotatable bonds is 5. The van der Waals surface area contributed by atoms with Crippen molar-refractivity contribution in [2.75, 3.05) is 32.8 Å². The molecule has 1 amide bonds. The minimum atomic E-state index is -0.604. The number of carbonyl (C=O) groups is 1. The van der Waals surface area contributed by atoms with Gasteiger partial charge in [0.1, 0.15) is 18.2 Å². The van der Waals surface area contributed by atoms with E-state index in [1.165, 1.54) is 12.1 Å². The molecule has 25 heavy (non-hydrogen) atoms. The lowest BCUT2D eigenvalue weighted by atomic mass is 9.99. The maximum Gasteiger partial charge on any atom is 0.250 e. The molecule has 1 unspecified atom stereocenters. The lowest BCUT2D eigenvalue weighted by Crippen LogP contribution is -2.43. The second-order valence-electron chi connectivity index (χ2n) is 6.99. The Balaban J connectivity index is 1.49. The van der Waals surface area contributed by atoms with E-state index in [4.69, 9.17) is 4.74 Å². The fourth-order valence-electron chi connectivity index (χ4n) is 3.21. The minimum Gasteiger partial charge on any atom is -0.488 e. The molecular weight excluding hydrogens is 323 g/mol. The monoisotopic (exact) mass is 348 g/mol. The third kappa shape index (κ3) is 4.80. The lowest BCUT2D eigenvalue weighted by Gasteiger charge is -2.31. The molecule has 136 valence electrons. The number of β-amino-alcohol motifs (C(OH)–C–C–N with tert-alkyl or cyclic N) is 1. The molecule has 0 bridgehead atoms. The van der Waals surface area contributed by atoms with E-state index in [-0.39, 0.29) is 24.9 Å². The summed E-state index contributed by atoms with van der Waals surface area (Å²) in [5.41, 5.74) is 0.983. The first-order valence-electron chi connectivity index (χ1n) is 8.83. The summed E-state index contributed by atoms with van der Waals surface area (Å²) in [5.74, 6) is 0.657. The van der Waals surface area contributed by atoms with E-state index in [9.17, 15) is 14.3 Å². The number of carbonyl (C=O) groups excluding carboxylic acids is 1. The van der Waals surface area contributed by atoms with E-state index in [0.29, 0.717) is 23.4 Å². The molecule has 2 N–H and O–H groups in total. The van der Waals surface area contributed by atoms with Gasteiger partial charge in [-0.15, -0.1) is 0 Å². The predicted octanol–water partition coefficient (Wildman–Crippen LogP) is 1.81. The summed E-state index contributed by atoms with van der Waals surface area (Å²) in [5, 5.41) is 12.9. The topological polar surface area (TPSA) is 61.8 Å². The van der Waals surface area contributed by atoms with Crippen molar-refractivity contribution >= 4 is 12.0 Å². The number of nitrogens with one attached hydrogen (secondary N) is 1. The van der Waals surface area contributed by atoms with Crippen LogP contribution < -0.4 is 10.1 Å². The standard InChI is InChI=1S/C19H25FN2O3/c1-13-4-6-22(7-5-13)11-17(23)10-21-19(24)15-8-14-9-16(20)2-3-18(14)25-12-15/h2-3,8-9,13,17,23H,4-7,10-12H2,1H3,(H,21,24). The van der Waals surface area contributed by atoms with E-state index in [1.807, 2.05) is 0 Å². The molecule has 2 aliphatic heterocycles. The largest absolute Gasteiger partial charge is 0.488 e. The van der Waals surface area contributed by atoms with Gasteiger partial charge in [0.2, 0.25) is 0 Å². The highest BCUT2D eigenvalue weighted by molar-refractivity contribution is 5.99. The maximum atomic E-state index is 13.3. The molecule has 0 saturated carbocycles. The molecule has 1 atom stereocenters. The Morgan fingerprint density at radius 2 is 2.20 bits per heavy atom. The summed E-state index contributed by atoms with van der Waals surface area (Å²) in [6.45, 7) is 5.14. The van der Waals surface area contributed by atoms with Gasteiger partial charge in [-0.25, -0.2) is 4.39 Å². The van der Waals surface area contributed by atoms with Crippen LogP contribution >= 0.6 is 0 Å². The molecule has 2 heterocycles. The third-order valence-corrected chi connectivity index (χ3v) is 4.82. The van der Waals surface area contributed by atoms with Crippen LogP contribution in [0.3, 0.4) is 0 Å². The predicted molar refractivity (Wildman–Crippen MR) is 93.7 cm³/mol. The summed E-state index contributed by atoms with van der Waals surface area (Å²) in [7, 11) is 0. The Hall–Kier alpha value is -1.92. The number of hydrogen-bond acceptors (Lipinski definition) is 4. The van der Waals surface area contributed by atoms with Crippen molar-refractivity contribution in [3.63, 3.8) is 0 Å². The molecule has 0 aliphatic carbocycles. The molecule has 1 fully saturated rings. The summed E-state index contributed by atoms with van der Waals surface area (Å²) in [6, 6.07) is 4.22. The van der Waals surface area contributed by atoms with E-state index in [1.54, 1.807) is 12.1 Å². The van der Waals surface area contributed by atoms with Crippen LogP contribution in [-0.2, 0) is 4.79 Å². The Morgan fingerprint density at radius 1 is 1.44 bits per heavy atom. The normalized spacial score (nSPS) is 19.6. The van der Waals surface area contributed by atoms with Gasteiger partial charge in [0, 0.05) is 18.7 Å². The van der Waals surface area contributed by atoms with Crippen molar-refractivity contribution in [2.24, 2.45) is 5.92 Å². The fourth-order valence-corrected chi connectivity index (χ4v) is 3.21. The average molecular weight is 348 g/mol. The molecule has 5 nitrogen and oxygen atoms in total. The number of hydrogen-bond donors (Lipinski definition) is 2. The number of piperidine rings is 1. The van der Waals surface area contributed by atoms with Crippen LogP contribution in [0.15, 0.2) is 23.8 Å². The molecule has 2 aliphatic rings. The quantitative estimate of drug-likeness (QED) is 0.852. The summed E-state index contributed by atoms with van der Waals surface area (Å²) < 4.78 is 18.8. The Kier molecular flexibility index (Phi) is 5.71. The first-order valence-corrected chi connectivity index (χ1v) is 8.83. The zero-order chi connectivity index (χ0) is 17.8. The highest BCUT2D eigenvalue weighted by atomic mass is 19.1. The van der Waals surface area contributed by atoms with Gasteiger partial charge in [-0.1, -0.05) is 6.92 Å². The van der Waals surface area contributed by atoms with Crippen molar-refractivity contribution in [1.29, 1.82) is 0 Å². The molecule has 1 aromatic rings. The number of aliphatic hydroxyl groups excluding tert-OH is 1. The number of nitrogens with zero attached hydrogens (tertiary/aromatic N) is 1. The lowest BCUT2D eigenvalue weighted by molar-refractivity contribution is -0.118. The fraction of sp³-hybridized carbons (Fsp3) is 0.526. The SMILES string of the molecule is CC1CCN(CC(O)CNC(=O)C2=Cc3cc(F)ccc3OC2)CC1. The molecule has 0 radical (unpaired) electrons. The van der Waals surface area contributed by atoms with Gasteiger partial charge in [-0.05, 0) is 56.1 Å². The molecular formula is C19H25FN2O3. The number of halogens is 1. The number of ether oxygens (including phenoxy) is 1. The second-order valence-corrected chi connectivity index (χ2v) is 6.99. The summed E-state index contributed by atoms with van der Waals surface area (Å²) >= 11 is 0. The van der Waals surface area contributed by atoms with Crippen LogP contribution in [-0.4, -0.2) is 54.8 Å². The molecule has 0 spiro atoms. The van der Waals surface area contributed by atoms with Crippen molar-refractivity contribution < 1.29 is 19.0 Å². The number of amides is 1. The van der Waals surface area contributed by atoms with Gasteiger partial charge in [0.15, 0.2) is 0 Å². The van der Waals surface area contributed by atoms with Crippen LogP contribution in [0.25, 0.3) is 6.08 Å². The van der Waals surface area contributed by atoms with Crippen LogP contribution in [0.5, 0.6) is 5.75 Å². The summed E-state index contributed by atoms with van der Waals surface area (Å²) in [6.07, 6.45) is 3.33. The number of benzene rings is 1. The first-order chi connectivity index (χ1) is 12.0. The van der Waals surface area contributed by atoms with E-state index in [0.717, 1.165) is 31.8 Å². The van der Waals surface area contributed by atoms with E-state index in [2.05, 4.69) is 17.1 Å². The second kappa shape index (κ2) is 7.97. The Bertz CT molecular complexity index is 654. The minimum absolute atomic E-state index is 0.143. The van der Waals surface area contributed by atoms with Gasteiger partial charge in [-0.2, -0.15) is 0 Å². The Morgan fingerprint density at radius 3 is 2.96 bits per heavy atom.